The quantitative estimate of drug-likeness (QED) is 0.674. The minimum Gasteiger partial charge on any atom is -0.355 e. The zero-order valence-corrected chi connectivity index (χ0v) is 12.5. The van der Waals surface area contributed by atoms with E-state index >= 15 is 0 Å². The topological polar surface area (TPSA) is 80.7 Å². The molecule has 1 atom stereocenters. The lowest BCUT2D eigenvalue weighted by Crippen LogP contribution is -2.46. The van der Waals surface area contributed by atoms with E-state index in [0.29, 0.717) is 0 Å². The summed E-state index contributed by atoms with van der Waals surface area (Å²) < 4.78 is 40.1. The van der Waals surface area contributed by atoms with Crippen LogP contribution in [0.2, 0.25) is 0 Å². The number of carbonyl (C=O) groups excluding carboxylic acids is 1. The van der Waals surface area contributed by atoms with Gasteiger partial charge in [-0.1, -0.05) is 32.9 Å². The van der Waals surface area contributed by atoms with Crippen LogP contribution in [0.15, 0.2) is 24.3 Å². The Kier molecular flexibility index (Phi) is 4.38. The van der Waals surface area contributed by atoms with Crippen molar-refractivity contribution >= 4 is 15.9 Å². The maximum absolute atomic E-state index is 12.9. The third-order valence-electron chi connectivity index (χ3n) is 2.50. The molecule has 0 aliphatic carbocycles. The van der Waals surface area contributed by atoms with Crippen molar-refractivity contribution < 1.29 is 26.9 Å². The summed E-state index contributed by atoms with van der Waals surface area (Å²) in [4.78, 5) is 12.3. The third kappa shape index (κ3) is 3.84. The van der Waals surface area contributed by atoms with Crippen molar-refractivity contribution in [2.45, 2.75) is 26.6 Å². The standard InChI is InChI=1S/C13H17FO5S/c1-12(2,3)11(15)13(16,19-20(4,17)18)9-5-7-10(14)8-6-9/h5-8,16H,1-4H3. The van der Waals surface area contributed by atoms with E-state index in [1.54, 1.807) is 0 Å². The minimum absolute atomic E-state index is 0.149. The summed E-state index contributed by atoms with van der Waals surface area (Å²) in [6.45, 7) is 4.53. The molecule has 0 aliphatic heterocycles. The largest absolute Gasteiger partial charge is 0.355 e. The molecule has 5 nitrogen and oxygen atoms in total. The van der Waals surface area contributed by atoms with Gasteiger partial charge in [0.05, 0.1) is 6.26 Å². The molecule has 0 radical (unpaired) electrons. The van der Waals surface area contributed by atoms with E-state index in [1.807, 2.05) is 0 Å². The molecule has 1 unspecified atom stereocenters. The molecule has 20 heavy (non-hydrogen) atoms. The molecule has 1 rings (SSSR count). The molecule has 7 heteroatoms. The van der Waals surface area contributed by atoms with E-state index in [1.165, 1.54) is 20.8 Å². The van der Waals surface area contributed by atoms with E-state index < -0.39 is 32.9 Å². The fraction of sp³-hybridized carbons (Fsp3) is 0.462. The van der Waals surface area contributed by atoms with Crippen LogP contribution in [0, 0.1) is 11.2 Å². The molecule has 0 saturated carbocycles. The first-order chi connectivity index (χ1) is 8.86. The minimum atomic E-state index is -4.11. The van der Waals surface area contributed by atoms with Gasteiger partial charge in [0.15, 0.2) is 0 Å². The molecule has 0 spiro atoms. The van der Waals surface area contributed by atoms with Crippen molar-refractivity contribution in [2.24, 2.45) is 5.41 Å². The lowest BCUT2D eigenvalue weighted by Gasteiger charge is -2.31. The molecule has 0 saturated heterocycles. The summed E-state index contributed by atoms with van der Waals surface area (Å²) in [5.41, 5.74) is -1.21. The lowest BCUT2D eigenvalue weighted by atomic mass is 9.83. The fourth-order valence-corrected chi connectivity index (χ4v) is 2.23. The number of carbonyl (C=O) groups is 1. The number of hydrogen-bond donors (Lipinski definition) is 1. The normalized spacial score (nSPS) is 15.7. The first-order valence-corrected chi connectivity index (χ1v) is 7.62. The Labute approximate surface area is 117 Å². The fourth-order valence-electron chi connectivity index (χ4n) is 1.62. The molecule has 1 aromatic rings. The second kappa shape index (κ2) is 5.23. The molecule has 112 valence electrons. The van der Waals surface area contributed by atoms with Crippen molar-refractivity contribution in [3.63, 3.8) is 0 Å². The zero-order valence-electron chi connectivity index (χ0n) is 11.7. The van der Waals surface area contributed by atoms with Crippen LogP contribution in [0.4, 0.5) is 4.39 Å². The number of aliphatic hydroxyl groups is 1. The Balaban J connectivity index is 3.42. The van der Waals surface area contributed by atoms with Gasteiger partial charge in [0.25, 0.3) is 15.9 Å². The number of halogens is 1. The number of benzene rings is 1. The Morgan fingerprint density at radius 2 is 1.65 bits per heavy atom. The summed E-state index contributed by atoms with van der Waals surface area (Å²) in [6.07, 6.45) is 0.720. The highest BCUT2D eigenvalue weighted by Crippen LogP contribution is 2.33. The summed E-state index contributed by atoms with van der Waals surface area (Å²) in [7, 11) is -4.11. The van der Waals surface area contributed by atoms with Crippen LogP contribution in [0.5, 0.6) is 0 Å². The molecule has 0 aliphatic rings. The zero-order chi connectivity index (χ0) is 15.8. The van der Waals surface area contributed by atoms with Crippen LogP contribution in [0.25, 0.3) is 0 Å². The lowest BCUT2D eigenvalue weighted by molar-refractivity contribution is -0.183. The van der Waals surface area contributed by atoms with Gasteiger partial charge < -0.3 is 5.11 Å². The van der Waals surface area contributed by atoms with Crippen molar-refractivity contribution in [1.82, 2.24) is 0 Å². The Bertz CT molecular complexity index is 601. The summed E-state index contributed by atoms with van der Waals surface area (Å²) in [5, 5.41) is 10.4. The van der Waals surface area contributed by atoms with Crippen LogP contribution in [0.1, 0.15) is 26.3 Å². The van der Waals surface area contributed by atoms with E-state index in [9.17, 15) is 22.7 Å². The van der Waals surface area contributed by atoms with Gasteiger partial charge in [-0.2, -0.15) is 8.42 Å². The highest BCUT2D eigenvalue weighted by Gasteiger charge is 2.47. The monoisotopic (exact) mass is 304 g/mol. The second-order valence-electron chi connectivity index (χ2n) is 5.52. The first kappa shape index (κ1) is 16.7. The van der Waals surface area contributed by atoms with Gasteiger partial charge in [0, 0.05) is 11.0 Å². The van der Waals surface area contributed by atoms with E-state index in [-0.39, 0.29) is 5.56 Å². The SMILES string of the molecule is CC(C)(C)C(=O)C(O)(OS(C)(=O)=O)c1ccc(F)cc1. The maximum Gasteiger partial charge on any atom is 0.270 e. The van der Waals surface area contributed by atoms with E-state index in [2.05, 4.69) is 4.18 Å². The van der Waals surface area contributed by atoms with Gasteiger partial charge in [-0.05, 0) is 12.1 Å². The highest BCUT2D eigenvalue weighted by molar-refractivity contribution is 7.86. The van der Waals surface area contributed by atoms with Crippen LogP contribution < -0.4 is 0 Å². The predicted molar refractivity (Wildman–Crippen MR) is 70.7 cm³/mol. The van der Waals surface area contributed by atoms with Gasteiger partial charge >= 0.3 is 0 Å². The molecule has 0 heterocycles. The van der Waals surface area contributed by atoms with Crippen molar-refractivity contribution in [3.05, 3.63) is 35.6 Å². The summed E-state index contributed by atoms with van der Waals surface area (Å²) >= 11 is 0. The second-order valence-corrected chi connectivity index (χ2v) is 7.09. The van der Waals surface area contributed by atoms with Crippen LogP contribution in [-0.2, 0) is 24.9 Å². The average Bonchev–Trinajstić information content (AvgIpc) is 2.25. The number of Topliss-reactive ketones (excluding diaryl/α,β-unsaturated/α-hetero) is 1. The Morgan fingerprint density at radius 1 is 1.20 bits per heavy atom. The van der Waals surface area contributed by atoms with Crippen LogP contribution >= 0.6 is 0 Å². The highest BCUT2D eigenvalue weighted by atomic mass is 32.2. The van der Waals surface area contributed by atoms with Crippen LogP contribution in [-0.4, -0.2) is 25.6 Å². The molecule has 0 bridgehead atoms. The van der Waals surface area contributed by atoms with Crippen molar-refractivity contribution in [2.75, 3.05) is 6.26 Å². The van der Waals surface area contributed by atoms with Crippen molar-refractivity contribution in [3.8, 4) is 0 Å². The Hall–Kier alpha value is -1.31. The number of hydrogen-bond acceptors (Lipinski definition) is 5. The molecule has 0 aromatic heterocycles. The maximum atomic E-state index is 12.9. The van der Waals surface area contributed by atoms with E-state index in [4.69, 9.17) is 0 Å². The van der Waals surface area contributed by atoms with Crippen molar-refractivity contribution in [1.29, 1.82) is 0 Å². The first-order valence-electron chi connectivity index (χ1n) is 5.80. The summed E-state index contributed by atoms with van der Waals surface area (Å²) in [5.74, 6) is -4.11. The Morgan fingerprint density at radius 3 is 2.00 bits per heavy atom. The number of ketones is 1. The molecular formula is C13H17FO5S. The molecule has 0 fully saturated rings. The molecule has 0 amide bonds. The third-order valence-corrected chi connectivity index (χ3v) is 3.04. The average molecular weight is 304 g/mol. The van der Waals surface area contributed by atoms with Gasteiger partial charge in [-0.15, -0.1) is 0 Å². The van der Waals surface area contributed by atoms with Crippen LogP contribution in [0.3, 0.4) is 0 Å². The molecular weight excluding hydrogens is 287 g/mol. The van der Waals surface area contributed by atoms with Gasteiger partial charge in [-0.25, -0.2) is 8.57 Å². The van der Waals surface area contributed by atoms with Gasteiger partial charge in [0.1, 0.15) is 5.82 Å². The van der Waals surface area contributed by atoms with Gasteiger partial charge in [-0.3, -0.25) is 4.79 Å². The number of rotatable bonds is 4. The molecule has 1 aromatic carbocycles. The molecule has 1 N–H and O–H groups in total. The summed E-state index contributed by atoms with van der Waals surface area (Å²) in [6, 6.07) is 4.21. The van der Waals surface area contributed by atoms with E-state index in [0.717, 1.165) is 30.5 Å². The predicted octanol–water partition coefficient (Wildman–Crippen LogP) is 1.56. The van der Waals surface area contributed by atoms with Gasteiger partial charge in [0.2, 0.25) is 5.78 Å². The smallest absolute Gasteiger partial charge is 0.270 e.